The van der Waals surface area contributed by atoms with Crippen LogP contribution in [0.4, 0.5) is 0 Å². The molecule has 0 spiro atoms. The summed E-state index contributed by atoms with van der Waals surface area (Å²) in [6, 6.07) is 10.5. The van der Waals surface area contributed by atoms with Crippen molar-refractivity contribution in [2.45, 2.75) is 32.8 Å². The van der Waals surface area contributed by atoms with Crippen LogP contribution < -0.4 is 0 Å². The Hall–Kier alpha value is -0.860. The van der Waals surface area contributed by atoms with Gasteiger partial charge in [-0.2, -0.15) is 0 Å². The molecule has 0 aromatic heterocycles. The monoisotopic (exact) mass is 208 g/mol. The van der Waals surface area contributed by atoms with E-state index in [-0.39, 0.29) is 6.10 Å². The largest absolute Gasteiger partial charge is 0.355 e. The van der Waals surface area contributed by atoms with Gasteiger partial charge in [0.1, 0.15) is 6.79 Å². The second-order valence-corrected chi connectivity index (χ2v) is 3.83. The molecule has 1 aromatic rings. The molecule has 0 amide bonds. The van der Waals surface area contributed by atoms with E-state index in [1.165, 1.54) is 5.56 Å². The molecule has 0 fully saturated rings. The van der Waals surface area contributed by atoms with E-state index in [0.29, 0.717) is 6.79 Å². The van der Waals surface area contributed by atoms with E-state index >= 15 is 0 Å². The summed E-state index contributed by atoms with van der Waals surface area (Å²) >= 11 is 0. The molecule has 0 saturated carbocycles. The van der Waals surface area contributed by atoms with Gasteiger partial charge in [0, 0.05) is 6.61 Å². The van der Waals surface area contributed by atoms with E-state index in [4.69, 9.17) is 9.47 Å². The minimum Gasteiger partial charge on any atom is -0.355 e. The van der Waals surface area contributed by atoms with Crippen molar-refractivity contribution in [1.29, 1.82) is 0 Å². The Labute approximate surface area is 92.2 Å². The van der Waals surface area contributed by atoms with Crippen molar-refractivity contribution in [3.63, 3.8) is 0 Å². The average molecular weight is 208 g/mol. The van der Waals surface area contributed by atoms with Crippen LogP contribution >= 0.6 is 0 Å². The van der Waals surface area contributed by atoms with Crippen LogP contribution in [0.3, 0.4) is 0 Å². The van der Waals surface area contributed by atoms with Crippen LogP contribution in [-0.2, 0) is 15.9 Å². The van der Waals surface area contributed by atoms with E-state index in [2.05, 4.69) is 24.3 Å². The second-order valence-electron chi connectivity index (χ2n) is 3.83. The van der Waals surface area contributed by atoms with Gasteiger partial charge in [0.2, 0.25) is 0 Å². The topological polar surface area (TPSA) is 18.5 Å². The molecule has 1 rings (SSSR count). The van der Waals surface area contributed by atoms with E-state index in [0.717, 1.165) is 19.4 Å². The van der Waals surface area contributed by atoms with Gasteiger partial charge in [-0.25, -0.2) is 0 Å². The van der Waals surface area contributed by atoms with Gasteiger partial charge in [-0.15, -0.1) is 0 Å². The normalized spacial score (nSPS) is 10.9. The zero-order valence-corrected chi connectivity index (χ0v) is 9.61. The summed E-state index contributed by atoms with van der Waals surface area (Å²) in [7, 11) is 0. The van der Waals surface area contributed by atoms with E-state index < -0.39 is 0 Å². The molecule has 0 saturated heterocycles. The standard InChI is InChI=1S/C13H20O2/c1-12(2)15-11-14-10-6-9-13-7-4-3-5-8-13/h3-5,7-8,12H,6,9-11H2,1-2H3. The summed E-state index contributed by atoms with van der Waals surface area (Å²) in [5, 5.41) is 0. The lowest BCUT2D eigenvalue weighted by molar-refractivity contribution is -0.0787. The maximum absolute atomic E-state index is 5.34. The van der Waals surface area contributed by atoms with Crippen molar-refractivity contribution in [2.24, 2.45) is 0 Å². The maximum Gasteiger partial charge on any atom is 0.147 e. The first-order valence-electron chi connectivity index (χ1n) is 5.52. The summed E-state index contributed by atoms with van der Waals surface area (Å²) in [6.07, 6.45) is 2.37. The third-order valence-corrected chi connectivity index (χ3v) is 2.08. The highest BCUT2D eigenvalue weighted by Crippen LogP contribution is 2.02. The van der Waals surface area contributed by atoms with Gasteiger partial charge >= 0.3 is 0 Å². The Kier molecular flexibility index (Phi) is 6.05. The molecular formula is C13H20O2. The van der Waals surface area contributed by atoms with Crippen LogP contribution in [-0.4, -0.2) is 19.5 Å². The van der Waals surface area contributed by atoms with Crippen molar-refractivity contribution in [1.82, 2.24) is 0 Å². The molecule has 15 heavy (non-hydrogen) atoms. The van der Waals surface area contributed by atoms with Crippen LogP contribution in [0.1, 0.15) is 25.8 Å². The van der Waals surface area contributed by atoms with Crippen LogP contribution in [0.2, 0.25) is 0 Å². The first kappa shape index (κ1) is 12.2. The predicted octanol–water partition coefficient (Wildman–Crippen LogP) is 3.02. The fraction of sp³-hybridized carbons (Fsp3) is 0.538. The Morgan fingerprint density at radius 2 is 1.87 bits per heavy atom. The quantitative estimate of drug-likeness (QED) is 0.506. The minimum absolute atomic E-state index is 0.249. The first-order chi connectivity index (χ1) is 7.29. The molecule has 2 nitrogen and oxygen atoms in total. The zero-order chi connectivity index (χ0) is 10.9. The van der Waals surface area contributed by atoms with Crippen molar-refractivity contribution in [3.8, 4) is 0 Å². The Morgan fingerprint density at radius 1 is 1.13 bits per heavy atom. The summed E-state index contributed by atoms with van der Waals surface area (Å²) in [5.74, 6) is 0. The number of benzene rings is 1. The summed E-state index contributed by atoms with van der Waals surface area (Å²) < 4.78 is 10.6. The summed E-state index contributed by atoms with van der Waals surface area (Å²) in [5.41, 5.74) is 1.37. The van der Waals surface area contributed by atoms with E-state index in [9.17, 15) is 0 Å². The molecule has 0 radical (unpaired) electrons. The molecule has 2 heteroatoms. The second kappa shape index (κ2) is 7.43. The fourth-order valence-electron chi connectivity index (χ4n) is 1.27. The molecule has 0 aliphatic rings. The van der Waals surface area contributed by atoms with Gasteiger partial charge in [0.15, 0.2) is 0 Å². The van der Waals surface area contributed by atoms with Gasteiger partial charge < -0.3 is 9.47 Å². The molecule has 0 heterocycles. The highest BCUT2D eigenvalue weighted by Gasteiger charge is 1.94. The van der Waals surface area contributed by atoms with Crippen LogP contribution in [0.5, 0.6) is 0 Å². The van der Waals surface area contributed by atoms with E-state index in [1.807, 2.05) is 19.9 Å². The third kappa shape index (κ3) is 6.26. The highest BCUT2D eigenvalue weighted by atomic mass is 16.7. The van der Waals surface area contributed by atoms with Gasteiger partial charge in [0.05, 0.1) is 6.10 Å². The Balaban J connectivity index is 1.98. The van der Waals surface area contributed by atoms with Gasteiger partial charge in [0.25, 0.3) is 0 Å². The molecule has 1 aromatic carbocycles. The lowest BCUT2D eigenvalue weighted by atomic mass is 10.1. The molecule has 0 N–H and O–H groups in total. The van der Waals surface area contributed by atoms with Crippen molar-refractivity contribution in [3.05, 3.63) is 35.9 Å². The lowest BCUT2D eigenvalue weighted by Gasteiger charge is -2.08. The molecular weight excluding hydrogens is 188 g/mol. The number of aryl methyl sites for hydroxylation is 1. The van der Waals surface area contributed by atoms with E-state index in [1.54, 1.807) is 0 Å². The van der Waals surface area contributed by atoms with Crippen molar-refractivity contribution in [2.75, 3.05) is 13.4 Å². The summed E-state index contributed by atoms with van der Waals surface area (Å²) in [6.45, 7) is 5.19. The molecule has 84 valence electrons. The molecule has 0 atom stereocenters. The smallest absolute Gasteiger partial charge is 0.147 e. The molecule has 0 aliphatic carbocycles. The van der Waals surface area contributed by atoms with Gasteiger partial charge in [-0.3, -0.25) is 0 Å². The molecule has 0 unspecified atom stereocenters. The van der Waals surface area contributed by atoms with Gasteiger partial charge in [-0.1, -0.05) is 30.3 Å². The van der Waals surface area contributed by atoms with Crippen molar-refractivity contribution < 1.29 is 9.47 Å². The number of ether oxygens (including phenoxy) is 2. The highest BCUT2D eigenvalue weighted by molar-refractivity contribution is 5.14. The Morgan fingerprint density at radius 3 is 2.53 bits per heavy atom. The third-order valence-electron chi connectivity index (χ3n) is 2.08. The fourth-order valence-corrected chi connectivity index (χ4v) is 1.27. The predicted molar refractivity (Wildman–Crippen MR) is 61.8 cm³/mol. The van der Waals surface area contributed by atoms with Crippen LogP contribution in [0.15, 0.2) is 30.3 Å². The Bertz CT molecular complexity index is 244. The average Bonchev–Trinajstić information content (AvgIpc) is 2.24. The van der Waals surface area contributed by atoms with Crippen LogP contribution in [0.25, 0.3) is 0 Å². The zero-order valence-electron chi connectivity index (χ0n) is 9.61. The van der Waals surface area contributed by atoms with Crippen LogP contribution in [0, 0.1) is 0 Å². The first-order valence-corrected chi connectivity index (χ1v) is 5.52. The number of rotatable bonds is 7. The molecule has 0 bridgehead atoms. The number of hydrogen-bond donors (Lipinski definition) is 0. The maximum atomic E-state index is 5.34. The summed E-state index contributed by atoms with van der Waals surface area (Å²) in [4.78, 5) is 0. The SMILES string of the molecule is CC(C)OCOCCCc1ccccc1. The van der Waals surface area contributed by atoms with Crippen molar-refractivity contribution >= 4 is 0 Å². The minimum atomic E-state index is 0.249. The lowest BCUT2D eigenvalue weighted by Crippen LogP contribution is -2.08. The van der Waals surface area contributed by atoms with Gasteiger partial charge in [-0.05, 0) is 32.3 Å². The molecule has 0 aliphatic heterocycles. The number of hydrogen-bond acceptors (Lipinski definition) is 2.